The zero-order chi connectivity index (χ0) is 15.6. The van der Waals surface area contributed by atoms with Gasteiger partial charge in [0, 0.05) is 40.6 Å². The Kier molecular flexibility index (Phi) is 17.8. The minimum atomic E-state index is 0.304. The number of nitrogens with zero attached hydrogens (tertiary/aromatic N) is 1. The Balaban J connectivity index is 3.56. The molecule has 0 aliphatic carbocycles. The van der Waals surface area contributed by atoms with Crippen molar-refractivity contribution in [2.75, 3.05) is 53.7 Å². The fourth-order valence-electron chi connectivity index (χ4n) is 2.50. The first-order chi connectivity index (χ1) is 10.3. The molecule has 0 amide bonds. The molecule has 0 aromatic rings. The van der Waals surface area contributed by atoms with Gasteiger partial charge in [0.2, 0.25) is 0 Å². The largest absolute Gasteiger partial charge is 0.396 e. The highest BCUT2D eigenvalue weighted by molar-refractivity contribution is 4.59. The van der Waals surface area contributed by atoms with Crippen LogP contribution in [-0.2, 0) is 9.47 Å². The molecule has 0 saturated carbocycles. The number of aliphatic hydroxyl groups excluding tert-OH is 1. The summed E-state index contributed by atoms with van der Waals surface area (Å²) in [6.07, 6.45) is 10.9. The summed E-state index contributed by atoms with van der Waals surface area (Å²) in [5, 5.41) is 9.00. The van der Waals surface area contributed by atoms with Gasteiger partial charge in [-0.2, -0.15) is 0 Å². The molecule has 4 heteroatoms. The van der Waals surface area contributed by atoms with Gasteiger partial charge in [0.1, 0.15) is 0 Å². The maximum Gasteiger partial charge on any atom is 0.0462 e. The molecule has 0 bridgehead atoms. The topological polar surface area (TPSA) is 41.9 Å². The summed E-state index contributed by atoms with van der Waals surface area (Å²) in [5.74, 6) is 0. The van der Waals surface area contributed by atoms with E-state index >= 15 is 0 Å². The van der Waals surface area contributed by atoms with Crippen LogP contribution in [-0.4, -0.2) is 63.7 Å². The van der Waals surface area contributed by atoms with Crippen molar-refractivity contribution in [3.8, 4) is 0 Å². The van der Waals surface area contributed by atoms with Crippen LogP contribution in [0.4, 0.5) is 0 Å². The summed E-state index contributed by atoms with van der Waals surface area (Å²) < 4.78 is 10.1. The monoisotopic (exact) mass is 303 g/mol. The molecule has 128 valence electrons. The van der Waals surface area contributed by atoms with Crippen molar-refractivity contribution >= 4 is 0 Å². The quantitative estimate of drug-likeness (QED) is 0.419. The van der Waals surface area contributed by atoms with Crippen LogP contribution in [0.15, 0.2) is 0 Å². The van der Waals surface area contributed by atoms with Gasteiger partial charge in [-0.1, -0.05) is 25.7 Å². The van der Waals surface area contributed by atoms with Crippen LogP contribution >= 0.6 is 0 Å². The average molecular weight is 303 g/mol. The van der Waals surface area contributed by atoms with E-state index in [-0.39, 0.29) is 0 Å². The molecule has 0 aromatic heterocycles. The first-order valence-electron chi connectivity index (χ1n) is 8.66. The standard InChI is InChI=1S/C17H37NO3/c1-20-16-9-5-3-7-12-18(14-11-15-19)13-8-4-6-10-17-21-2/h19H,3-17H2,1-2H3. The van der Waals surface area contributed by atoms with Gasteiger partial charge in [-0.05, 0) is 45.2 Å². The maximum atomic E-state index is 9.00. The van der Waals surface area contributed by atoms with Crippen LogP contribution in [0.1, 0.15) is 57.8 Å². The maximum absolute atomic E-state index is 9.00. The van der Waals surface area contributed by atoms with Gasteiger partial charge in [0.05, 0.1) is 0 Å². The fourth-order valence-corrected chi connectivity index (χ4v) is 2.50. The van der Waals surface area contributed by atoms with Crippen molar-refractivity contribution in [1.29, 1.82) is 0 Å². The Morgan fingerprint density at radius 3 is 1.48 bits per heavy atom. The molecular formula is C17H37NO3. The molecule has 0 atom stereocenters. The number of rotatable bonds is 17. The molecule has 0 aliphatic heterocycles. The first kappa shape index (κ1) is 20.8. The van der Waals surface area contributed by atoms with Gasteiger partial charge >= 0.3 is 0 Å². The molecule has 0 aromatic carbocycles. The number of ether oxygens (including phenoxy) is 2. The van der Waals surface area contributed by atoms with E-state index in [4.69, 9.17) is 14.6 Å². The highest BCUT2D eigenvalue weighted by Gasteiger charge is 2.04. The molecule has 1 N–H and O–H groups in total. The second-order valence-corrected chi connectivity index (χ2v) is 5.73. The number of unbranched alkanes of at least 4 members (excludes halogenated alkanes) is 6. The lowest BCUT2D eigenvalue weighted by atomic mass is 10.1. The van der Waals surface area contributed by atoms with Gasteiger partial charge < -0.3 is 19.5 Å². The van der Waals surface area contributed by atoms with Crippen LogP contribution in [0.2, 0.25) is 0 Å². The Morgan fingerprint density at radius 1 is 0.619 bits per heavy atom. The summed E-state index contributed by atoms with van der Waals surface area (Å²) in [4.78, 5) is 2.52. The van der Waals surface area contributed by atoms with Crippen molar-refractivity contribution in [1.82, 2.24) is 4.90 Å². The summed E-state index contributed by atoms with van der Waals surface area (Å²) in [7, 11) is 3.53. The number of aliphatic hydroxyl groups is 1. The Morgan fingerprint density at radius 2 is 1.05 bits per heavy atom. The van der Waals surface area contributed by atoms with Crippen molar-refractivity contribution in [2.45, 2.75) is 57.8 Å². The van der Waals surface area contributed by atoms with E-state index in [0.29, 0.717) is 6.61 Å². The third-order valence-electron chi connectivity index (χ3n) is 3.78. The lowest BCUT2D eigenvalue weighted by Crippen LogP contribution is -2.28. The number of hydrogen-bond donors (Lipinski definition) is 1. The van der Waals surface area contributed by atoms with Crippen LogP contribution in [0.5, 0.6) is 0 Å². The molecular weight excluding hydrogens is 266 g/mol. The number of methoxy groups -OCH3 is 2. The van der Waals surface area contributed by atoms with Gasteiger partial charge in [0.15, 0.2) is 0 Å². The molecule has 0 heterocycles. The minimum absolute atomic E-state index is 0.304. The van der Waals surface area contributed by atoms with Crippen molar-refractivity contribution in [3.05, 3.63) is 0 Å². The molecule has 0 aliphatic rings. The molecule has 4 nitrogen and oxygen atoms in total. The Hall–Kier alpha value is -0.160. The Bertz CT molecular complexity index is 175. The predicted octanol–water partition coefficient (Wildman–Crippen LogP) is 3.08. The normalized spacial score (nSPS) is 11.4. The van der Waals surface area contributed by atoms with Gasteiger partial charge in [-0.25, -0.2) is 0 Å². The zero-order valence-electron chi connectivity index (χ0n) is 14.3. The highest BCUT2D eigenvalue weighted by atomic mass is 16.5. The molecule has 0 spiro atoms. The fraction of sp³-hybridized carbons (Fsp3) is 1.00. The van der Waals surface area contributed by atoms with E-state index in [1.165, 1.54) is 64.5 Å². The molecule has 0 saturated heterocycles. The van der Waals surface area contributed by atoms with E-state index < -0.39 is 0 Å². The predicted molar refractivity (Wildman–Crippen MR) is 88.8 cm³/mol. The second kappa shape index (κ2) is 17.9. The molecule has 0 unspecified atom stereocenters. The van der Waals surface area contributed by atoms with Gasteiger partial charge in [-0.15, -0.1) is 0 Å². The van der Waals surface area contributed by atoms with E-state index in [9.17, 15) is 0 Å². The highest BCUT2D eigenvalue weighted by Crippen LogP contribution is 2.06. The third-order valence-corrected chi connectivity index (χ3v) is 3.78. The zero-order valence-corrected chi connectivity index (χ0v) is 14.3. The van der Waals surface area contributed by atoms with Crippen molar-refractivity contribution in [3.63, 3.8) is 0 Å². The first-order valence-corrected chi connectivity index (χ1v) is 8.66. The van der Waals surface area contributed by atoms with Crippen molar-refractivity contribution < 1.29 is 14.6 Å². The van der Waals surface area contributed by atoms with E-state index in [2.05, 4.69) is 4.90 Å². The third kappa shape index (κ3) is 16.0. The van der Waals surface area contributed by atoms with Crippen molar-refractivity contribution in [2.24, 2.45) is 0 Å². The van der Waals surface area contributed by atoms with Crippen LogP contribution in [0.3, 0.4) is 0 Å². The minimum Gasteiger partial charge on any atom is -0.396 e. The van der Waals surface area contributed by atoms with Gasteiger partial charge in [-0.3, -0.25) is 0 Å². The van der Waals surface area contributed by atoms with Crippen LogP contribution in [0.25, 0.3) is 0 Å². The number of hydrogen-bond acceptors (Lipinski definition) is 4. The summed E-state index contributed by atoms with van der Waals surface area (Å²) in [5.41, 5.74) is 0. The average Bonchev–Trinajstić information content (AvgIpc) is 2.50. The second-order valence-electron chi connectivity index (χ2n) is 5.73. The lowest BCUT2D eigenvalue weighted by molar-refractivity contribution is 0.187. The molecule has 0 rings (SSSR count). The SMILES string of the molecule is COCCCCCCN(CCCO)CCCCCCOC. The summed E-state index contributed by atoms with van der Waals surface area (Å²) >= 11 is 0. The smallest absolute Gasteiger partial charge is 0.0462 e. The molecule has 0 radical (unpaired) electrons. The van der Waals surface area contributed by atoms with Gasteiger partial charge in [0.25, 0.3) is 0 Å². The molecule has 0 fully saturated rings. The van der Waals surface area contributed by atoms with Crippen LogP contribution < -0.4 is 0 Å². The molecule has 21 heavy (non-hydrogen) atoms. The van der Waals surface area contributed by atoms with E-state index in [1.807, 2.05) is 0 Å². The van der Waals surface area contributed by atoms with E-state index in [0.717, 1.165) is 26.2 Å². The van der Waals surface area contributed by atoms with Crippen LogP contribution in [0, 0.1) is 0 Å². The summed E-state index contributed by atoms with van der Waals surface area (Å²) in [6, 6.07) is 0. The lowest BCUT2D eigenvalue weighted by Gasteiger charge is -2.22. The van der Waals surface area contributed by atoms with E-state index in [1.54, 1.807) is 14.2 Å². The Labute approximate surface area is 131 Å². The summed E-state index contributed by atoms with van der Waals surface area (Å²) in [6.45, 7) is 5.45.